The molecule has 0 aliphatic rings. The van der Waals surface area contributed by atoms with Gasteiger partial charge in [0.2, 0.25) is 0 Å². The normalized spacial score (nSPS) is 12.6. The minimum atomic E-state index is -0.534. The molecule has 0 fully saturated rings. The van der Waals surface area contributed by atoms with Crippen molar-refractivity contribution in [1.82, 2.24) is 15.1 Å². The van der Waals surface area contributed by atoms with E-state index in [9.17, 15) is 4.79 Å². The van der Waals surface area contributed by atoms with E-state index < -0.39 is 6.10 Å². The Morgan fingerprint density at radius 1 is 1.79 bits per heavy atom. The van der Waals surface area contributed by atoms with Crippen LogP contribution in [0.15, 0.2) is 6.07 Å². The van der Waals surface area contributed by atoms with E-state index in [0.29, 0.717) is 5.69 Å². The third-order valence-electron chi connectivity index (χ3n) is 1.79. The Kier molecular flexibility index (Phi) is 3.24. The number of aliphatic hydroxyl groups is 1. The molecule has 0 aliphatic heterocycles. The highest BCUT2D eigenvalue weighted by molar-refractivity contribution is 5.92. The summed E-state index contributed by atoms with van der Waals surface area (Å²) in [5.74, 6) is -0.214. The largest absolute Gasteiger partial charge is 0.392 e. The standard InChI is InChI=1S/C9H15N3O2/c1-6-4-8(12(3)11-6)9(14)10-5-7(2)13/h4,7,13H,5H2,1-3H3,(H,10,14)/t7-/m1/s1. The van der Waals surface area contributed by atoms with Gasteiger partial charge in [0, 0.05) is 13.6 Å². The molecule has 1 aromatic rings. The Morgan fingerprint density at radius 3 is 2.86 bits per heavy atom. The molecule has 1 rings (SSSR count). The molecule has 78 valence electrons. The number of amides is 1. The average Bonchev–Trinajstić information content (AvgIpc) is 2.41. The van der Waals surface area contributed by atoms with E-state index in [2.05, 4.69) is 10.4 Å². The molecular weight excluding hydrogens is 182 g/mol. The number of carbonyl (C=O) groups excluding carboxylic acids is 1. The first-order chi connectivity index (χ1) is 6.50. The van der Waals surface area contributed by atoms with Gasteiger partial charge >= 0.3 is 0 Å². The molecule has 5 heteroatoms. The van der Waals surface area contributed by atoms with E-state index in [0.717, 1.165) is 5.69 Å². The zero-order valence-corrected chi connectivity index (χ0v) is 8.61. The minimum Gasteiger partial charge on any atom is -0.392 e. The molecule has 0 aliphatic carbocycles. The summed E-state index contributed by atoms with van der Waals surface area (Å²) >= 11 is 0. The second-order valence-corrected chi connectivity index (χ2v) is 3.35. The van der Waals surface area contributed by atoms with Crippen LogP contribution in [-0.4, -0.2) is 33.4 Å². The van der Waals surface area contributed by atoms with E-state index in [4.69, 9.17) is 5.11 Å². The molecule has 0 saturated heterocycles. The third-order valence-corrected chi connectivity index (χ3v) is 1.79. The zero-order chi connectivity index (χ0) is 10.7. The molecule has 14 heavy (non-hydrogen) atoms. The number of hydrogen-bond donors (Lipinski definition) is 2. The molecule has 0 unspecified atom stereocenters. The molecule has 1 heterocycles. The summed E-state index contributed by atoms with van der Waals surface area (Å²) in [6, 6.07) is 1.71. The van der Waals surface area contributed by atoms with E-state index in [-0.39, 0.29) is 12.5 Å². The van der Waals surface area contributed by atoms with Crippen LogP contribution in [0, 0.1) is 6.92 Å². The van der Waals surface area contributed by atoms with E-state index in [1.54, 1.807) is 20.0 Å². The Morgan fingerprint density at radius 2 is 2.43 bits per heavy atom. The van der Waals surface area contributed by atoms with Gasteiger partial charge in [-0.25, -0.2) is 0 Å². The Bertz CT molecular complexity index is 331. The van der Waals surface area contributed by atoms with Crippen LogP contribution in [0.4, 0.5) is 0 Å². The fourth-order valence-electron chi connectivity index (χ4n) is 1.15. The van der Waals surface area contributed by atoms with Crippen molar-refractivity contribution in [2.45, 2.75) is 20.0 Å². The van der Waals surface area contributed by atoms with Gasteiger partial charge in [-0.2, -0.15) is 5.10 Å². The summed E-state index contributed by atoms with van der Waals surface area (Å²) in [5, 5.41) is 15.6. The van der Waals surface area contributed by atoms with Crippen molar-refractivity contribution in [3.63, 3.8) is 0 Å². The number of aromatic nitrogens is 2. The van der Waals surface area contributed by atoms with Gasteiger partial charge in [-0.05, 0) is 19.9 Å². The van der Waals surface area contributed by atoms with Crippen LogP contribution in [0.25, 0.3) is 0 Å². The van der Waals surface area contributed by atoms with E-state index in [1.807, 2.05) is 6.92 Å². The lowest BCUT2D eigenvalue weighted by molar-refractivity contribution is 0.0914. The topological polar surface area (TPSA) is 67.2 Å². The Balaban J connectivity index is 2.65. The predicted molar refractivity (Wildman–Crippen MR) is 52.0 cm³/mol. The van der Waals surface area contributed by atoms with Crippen LogP contribution in [0.3, 0.4) is 0 Å². The highest BCUT2D eigenvalue weighted by Gasteiger charge is 2.11. The van der Waals surface area contributed by atoms with Crippen molar-refractivity contribution in [3.8, 4) is 0 Å². The van der Waals surface area contributed by atoms with Crippen molar-refractivity contribution in [2.75, 3.05) is 6.54 Å². The van der Waals surface area contributed by atoms with Gasteiger partial charge < -0.3 is 10.4 Å². The summed E-state index contributed by atoms with van der Waals surface area (Å²) in [7, 11) is 1.71. The van der Waals surface area contributed by atoms with Gasteiger partial charge in [0.05, 0.1) is 11.8 Å². The van der Waals surface area contributed by atoms with Crippen LogP contribution < -0.4 is 5.32 Å². The summed E-state index contributed by atoms with van der Waals surface area (Å²) in [6.45, 7) is 3.70. The average molecular weight is 197 g/mol. The lowest BCUT2D eigenvalue weighted by atomic mass is 10.3. The van der Waals surface area contributed by atoms with Gasteiger partial charge in [-0.15, -0.1) is 0 Å². The predicted octanol–water partition coefficient (Wildman–Crippen LogP) is -0.161. The second kappa shape index (κ2) is 4.23. The molecule has 5 nitrogen and oxygen atoms in total. The van der Waals surface area contributed by atoms with Crippen LogP contribution in [0.2, 0.25) is 0 Å². The van der Waals surface area contributed by atoms with Crippen LogP contribution >= 0.6 is 0 Å². The fraction of sp³-hybridized carbons (Fsp3) is 0.556. The number of aliphatic hydroxyl groups excluding tert-OH is 1. The molecule has 1 atom stereocenters. The van der Waals surface area contributed by atoms with Gasteiger partial charge in [-0.3, -0.25) is 9.48 Å². The number of nitrogens with zero attached hydrogens (tertiary/aromatic N) is 2. The number of nitrogens with one attached hydrogen (secondary N) is 1. The fourth-order valence-corrected chi connectivity index (χ4v) is 1.15. The second-order valence-electron chi connectivity index (χ2n) is 3.35. The Hall–Kier alpha value is -1.36. The minimum absolute atomic E-state index is 0.214. The van der Waals surface area contributed by atoms with E-state index >= 15 is 0 Å². The van der Waals surface area contributed by atoms with Crippen molar-refractivity contribution in [1.29, 1.82) is 0 Å². The molecule has 0 spiro atoms. The quantitative estimate of drug-likeness (QED) is 0.707. The first kappa shape index (κ1) is 10.7. The maximum atomic E-state index is 11.5. The van der Waals surface area contributed by atoms with Crippen molar-refractivity contribution < 1.29 is 9.90 Å². The molecule has 0 aromatic carbocycles. The van der Waals surface area contributed by atoms with Crippen LogP contribution in [-0.2, 0) is 7.05 Å². The highest BCUT2D eigenvalue weighted by Crippen LogP contribution is 2.00. The molecular formula is C9H15N3O2. The molecule has 0 bridgehead atoms. The number of aryl methyl sites for hydroxylation is 2. The van der Waals surface area contributed by atoms with Crippen molar-refractivity contribution >= 4 is 5.91 Å². The SMILES string of the molecule is Cc1cc(C(=O)NC[C@@H](C)O)n(C)n1. The lowest BCUT2D eigenvalue weighted by Gasteiger charge is -2.06. The van der Waals surface area contributed by atoms with Gasteiger partial charge in [0.1, 0.15) is 5.69 Å². The van der Waals surface area contributed by atoms with E-state index in [1.165, 1.54) is 4.68 Å². The van der Waals surface area contributed by atoms with Crippen LogP contribution in [0.1, 0.15) is 23.1 Å². The molecule has 1 amide bonds. The monoisotopic (exact) mass is 197 g/mol. The van der Waals surface area contributed by atoms with Gasteiger partial charge in [-0.1, -0.05) is 0 Å². The first-order valence-corrected chi connectivity index (χ1v) is 4.47. The van der Waals surface area contributed by atoms with Crippen LogP contribution in [0.5, 0.6) is 0 Å². The highest BCUT2D eigenvalue weighted by atomic mass is 16.3. The molecule has 1 aromatic heterocycles. The zero-order valence-electron chi connectivity index (χ0n) is 8.61. The van der Waals surface area contributed by atoms with Crippen molar-refractivity contribution in [2.24, 2.45) is 7.05 Å². The summed E-state index contributed by atoms with van der Waals surface area (Å²) in [5.41, 5.74) is 1.30. The van der Waals surface area contributed by atoms with Gasteiger partial charge in [0.25, 0.3) is 5.91 Å². The maximum absolute atomic E-state index is 11.5. The molecule has 0 radical (unpaired) electrons. The number of carbonyl (C=O) groups is 1. The summed E-state index contributed by atoms with van der Waals surface area (Å²) in [6.07, 6.45) is -0.534. The van der Waals surface area contributed by atoms with Crippen molar-refractivity contribution in [3.05, 3.63) is 17.5 Å². The first-order valence-electron chi connectivity index (χ1n) is 4.47. The molecule has 2 N–H and O–H groups in total. The number of hydrogen-bond acceptors (Lipinski definition) is 3. The molecule has 0 saturated carbocycles. The summed E-state index contributed by atoms with van der Waals surface area (Å²) < 4.78 is 1.52. The number of rotatable bonds is 3. The lowest BCUT2D eigenvalue weighted by Crippen LogP contribution is -2.31. The Labute approximate surface area is 82.7 Å². The smallest absolute Gasteiger partial charge is 0.269 e. The third kappa shape index (κ3) is 2.56. The summed E-state index contributed by atoms with van der Waals surface area (Å²) in [4.78, 5) is 11.5. The maximum Gasteiger partial charge on any atom is 0.269 e. The van der Waals surface area contributed by atoms with Gasteiger partial charge in [0.15, 0.2) is 0 Å².